The highest BCUT2D eigenvalue weighted by Gasteiger charge is 2.16. The lowest BCUT2D eigenvalue weighted by atomic mass is 10.3. The highest BCUT2D eigenvalue weighted by Crippen LogP contribution is 2.24. The van der Waals surface area contributed by atoms with Crippen LogP contribution in [0.15, 0.2) is 12.3 Å². The predicted octanol–water partition coefficient (Wildman–Crippen LogP) is 2.46. The fraction of sp³-hybridized carbons (Fsp3) is 0.167. The minimum atomic E-state index is -2.63. The normalized spacial score (nSPS) is 10.1. The third-order valence-electron chi connectivity index (χ3n) is 1.21. The van der Waals surface area contributed by atoms with Gasteiger partial charge in [0.25, 0.3) is 6.43 Å². The minimum absolute atomic E-state index is 0.00289. The van der Waals surface area contributed by atoms with Crippen molar-refractivity contribution in [1.82, 2.24) is 3.59 Å². The standard InChI is InChI=1S/C6H3BrF2N2/c7-11-2-1-4(3-10)5(11)6(8)9/h1-2,6H. The van der Waals surface area contributed by atoms with Gasteiger partial charge in [0.1, 0.15) is 11.8 Å². The number of halogens is 3. The van der Waals surface area contributed by atoms with E-state index in [1.807, 2.05) is 0 Å². The van der Waals surface area contributed by atoms with E-state index in [0.717, 1.165) is 3.59 Å². The Morgan fingerprint density at radius 1 is 1.64 bits per heavy atom. The first kappa shape index (κ1) is 8.21. The van der Waals surface area contributed by atoms with Crippen LogP contribution in [-0.2, 0) is 0 Å². The van der Waals surface area contributed by atoms with Gasteiger partial charge in [0.2, 0.25) is 0 Å². The van der Waals surface area contributed by atoms with Gasteiger partial charge in [0, 0.05) is 6.20 Å². The van der Waals surface area contributed by atoms with Gasteiger partial charge in [-0.05, 0) is 6.07 Å². The summed E-state index contributed by atoms with van der Waals surface area (Å²) in [5.74, 6) is 0. The van der Waals surface area contributed by atoms with Crippen molar-refractivity contribution in [2.45, 2.75) is 6.43 Å². The molecule has 0 saturated heterocycles. The number of nitrogens with zero attached hydrogens (tertiary/aromatic N) is 2. The monoisotopic (exact) mass is 220 g/mol. The van der Waals surface area contributed by atoms with Crippen LogP contribution >= 0.6 is 16.1 Å². The number of hydrogen-bond acceptors (Lipinski definition) is 1. The molecule has 5 heteroatoms. The van der Waals surface area contributed by atoms with Crippen molar-refractivity contribution < 1.29 is 8.78 Å². The molecular formula is C6H3BrF2N2. The van der Waals surface area contributed by atoms with E-state index in [1.54, 1.807) is 6.07 Å². The molecule has 0 amide bonds. The largest absolute Gasteiger partial charge is 0.281 e. The lowest BCUT2D eigenvalue weighted by molar-refractivity contribution is 0.145. The van der Waals surface area contributed by atoms with Gasteiger partial charge in [-0.1, -0.05) is 0 Å². The van der Waals surface area contributed by atoms with E-state index in [1.165, 1.54) is 12.3 Å². The molecule has 0 unspecified atom stereocenters. The molecule has 0 aliphatic heterocycles. The first-order chi connectivity index (χ1) is 5.16. The Bertz CT molecular complexity index is 300. The van der Waals surface area contributed by atoms with Crippen LogP contribution in [0.4, 0.5) is 8.78 Å². The van der Waals surface area contributed by atoms with Gasteiger partial charge in [-0.3, -0.25) is 3.59 Å². The van der Waals surface area contributed by atoms with Crippen LogP contribution in [0.3, 0.4) is 0 Å². The molecule has 0 fully saturated rings. The van der Waals surface area contributed by atoms with Crippen molar-refractivity contribution in [1.29, 1.82) is 5.26 Å². The Morgan fingerprint density at radius 2 is 2.27 bits per heavy atom. The maximum atomic E-state index is 12.1. The average molecular weight is 221 g/mol. The highest BCUT2D eigenvalue weighted by atomic mass is 79.9. The van der Waals surface area contributed by atoms with E-state index in [2.05, 4.69) is 16.1 Å². The van der Waals surface area contributed by atoms with Crippen molar-refractivity contribution >= 4 is 16.1 Å². The molecule has 0 atom stereocenters. The van der Waals surface area contributed by atoms with Gasteiger partial charge in [0.15, 0.2) is 0 Å². The second kappa shape index (κ2) is 3.01. The van der Waals surface area contributed by atoms with Gasteiger partial charge >= 0.3 is 0 Å². The van der Waals surface area contributed by atoms with Crippen LogP contribution in [0.5, 0.6) is 0 Å². The third-order valence-corrected chi connectivity index (χ3v) is 1.82. The van der Waals surface area contributed by atoms with Crippen molar-refractivity contribution in [3.8, 4) is 6.07 Å². The molecule has 0 bridgehead atoms. The molecule has 0 aliphatic carbocycles. The summed E-state index contributed by atoms with van der Waals surface area (Å²) in [4.78, 5) is 0. The van der Waals surface area contributed by atoms with E-state index < -0.39 is 6.43 Å². The lowest BCUT2D eigenvalue weighted by Crippen LogP contribution is -1.92. The fourth-order valence-electron chi connectivity index (χ4n) is 0.726. The zero-order chi connectivity index (χ0) is 8.43. The van der Waals surface area contributed by atoms with Gasteiger partial charge in [-0.15, -0.1) is 0 Å². The lowest BCUT2D eigenvalue weighted by Gasteiger charge is -1.98. The molecule has 11 heavy (non-hydrogen) atoms. The van der Waals surface area contributed by atoms with Gasteiger partial charge < -0.3 is 0 Å². The van der Waals surface area contributed by atoms with E-state index in [0.29, 0.717) is 0 Å². The zero-order valence-electron chi connectivity index (χ0n) is 5.26. The molecule has 0 aromatic carbocycles. The summed E-state index contributed by atoms with van der Waals surface area (Å²) >= 11 is 2.84. The highest BCUT2D eigenvalue weighted by molar-refractivity contribution is 9.08. The summed E-state index contributed by atoms with van der Waals surface area (Å²) in [5.41, 5.74) is -0.302. The molecule has 0 aliphatic rings. The predicted molar refractivity (Wildman–Crippen MR) is 38.4 cm³/mol. The van der Waals surface area contributed by atoms with E-state index >= 15 is 0 Å². The smallest absolute Gasteiger partial charge is 0.280 e. The summed E-state index contributed by atoms with van der Waals surface area (Å²) < 4.78 is 25.3. The van der Waals surface area contributed by atoms with Crippen LogP contribution < -0.4 is 0 Å². The summed E-state index contributed by atoms with van der Waals surface area (Å²) in [6.07, 6.45) is -1.26. The Morgan fingerprint density at radius 3 is 2.64 bits per heavy atom. The van der Waals surface area contributed by atoms with Crippen molar-refractivity contribution in [3.05, 3.63) is 23.5 Å². The Labute approximate surface area is 70.4 Å². The van der Waals surface area contributed by atoms with Crippen LogP contribution in [0, 0.1) is 11.3 Å². The van der Waals surface area contributed by atoms with E-state index in [9.17, 15) is 8.78 Å². The Balaban J connectivity index is 3.21. The molecular weight excluding hydrogens is 218 g/mol. The topological polar surface area (TPSA) is 28.7 Å². The first-order valence-electron chi connectivity index (χ1n) is 2.72. The van der Waals surface area contributed by atoms with Crippen LogP contribution in [0.2, 0.25) is 0 Å². The average Bonchev–Trinajstić information content (AvgIpc) is 2.30. The van der Waals surface area contributed by atoms with E-state index in [-0.39, 0.29) is 11.3 Å². The summed E-state index contributed by atoms with van der Waals surface area (Å²) in [5, 5.41) is 8.36. The van der Waals surface area contributed by atoms with Crippen LogP contribution in [0.25, 0.3) is 0 Å². The molecule has 1 rings (SSSR count). The molecule has 0 spiro atoms. The molecule has 2 nitrogen and oxygen atoms in total. The van der Waals surface area contributed by atoms with Crippen LogP contribution in [0.1, 0.15) is 17.7 Å². The van der Waals surface area contributed by atoms with Crippen molar-refractivity contribution in [3.63, 3.8) is 0 Å². The van der Waals surface area contributed by atoms with Gasteiger partial charge in [-0.2, -0.15) is 5.26 Å². The van der Waals surface area contributed by atoms with Crippen molar-refractivity contribution in [2.24, 2.45) is 0 Å². The van der Waals surface area contributed by atoms with Gasteiger partial charge in [-0.25, -0.2) is 8.78 Å². The number of hydrogen-bond donors (Lipinski definition) is 0. The molecule has 1 aromatic rings. The van der Waals surface area contributed by atoms with Crippen molar-refractivity contribution in [2.75, 3.05) is 0 Å². The second-order valence-corrected chi connectivity index (χ2v) is 2.60. The molecule has 0 N–H and O–H groups in total. The van der Waals surface area contributed by atoms with Gasteiger partial charge in [0.05, 0.1) is 21.7 Å². The zero-order valence-corrected chi connectivity index (χ0v) is 6.85. The Hall–Kier alpha value is -0.890. The second-order valence-electron chi connectivity index (χ2n) is 1.84. The number of rotatable bonds is 1. The first-order valence-corrected chi connectivity index (χ1v) is 3.43. The molecule has 0 radical (unpaired) electrons. The summed E-state index contributed by atoms with van der Waals surface area (Å²) in [6.45, 7) is 0. The van der Waals surface area contributed by atoms with Crippen LogP contribution in [-0.4, -0.2) is 3.59 Å². The minimum Gasteiger partial charge on any atom is -0.281 e. The third kappa shape index (κ3) is 1.40. The number of alkyl halides is 2. The molecule has 58 valence electrons. The molecule has 1 heterocycles. The summed E-state index contributed by atoms with van der Waals surface area (Å²) in [6, 6.07) is 3.00. The maximum absolute atomic E-state index is 12.1. The quantitative estimate of drug-likeness (QED) is 0.715. The summed E-state index contributed by atoms with van der Waals surface area (Å²) in [7, 11) is 0. The van der Waals surface area contributed by atoms with E-state index in [4.69, 9.17) is 5.26 Å². The fourth-order valence-corrected chi connectivity index (χ4v) is 1.19. The number of aromatic nitrogens is 1. The SMILES string of the molecule is N#Cc1ccn(Br)c1C(F)F. The Kier molecular flexibility index (Phi) is 2.25. The maximum Gasteiger partial charge on any atom is 0.280 e. The number of nitriles is 1. The molecule has 1 aromatic heterocycles. The molecule has 0 saturated carbocycles.